The van der Waals surface area contributed by atoms with Crippen molar-refractivity contribution in [3.05, 3.63) is 11.6 Å². The number of aromatic nitrogens is 3. The molecule has 0 spiro atoms. The number of aliphatic hydroxyl groups is 1. The van der Waals surface area contributed by atoms with Gasteiger partial charge in [-0.25, -0.2) is 0 Å². The van der Waals surface area contributed by atoms with Crippen LogP contribution < -0.4 is 5.32 Å². The normalized spacial score (nSPS) is 28.9. The maximum Gasteiger partial charge on any atom is 0.240 e. The fourth-order valence-electron chi connectivity index (χ4n) is 4.93. The molecule has 7 heteroatoms. The molecule has 25 heavy (non-hydrogen) atoms. The Morgan fingerprint density at radius 2 is 1.88 bits per heavy atom. The third kappa shape index (κ3) is 2.87. The minimum atomic E-state index is -0.240. The van der Waals surface area contributed by atoms with Crippen LogP contribution in [0.15, 0.2) is 0 Å². The molecule has 3 fully saturated rings. The maximum absolute atomic E-state index is 13.1. The topological polar surface area (TPSA) is 83.3 Å². The van der Waals surface area contributed by atoms with Crippen molar-refractivity contribution < 1.29 is 9.90 Å². The van der Waals surface area contributed by atoms with Gasteiger partial charge < -0.3 is 15.0 Å². The lowest BCUT2D eigenvalue weighted by atomic mass is 9.79. The minimum absolute atomic E-state index is 0.0886. The van der Waals surface area contributed by atoms with Crippen LogP contribution in [0.1, 0.15) is 68.9 Å². The van der Waals surface area contributed by atoms with E-state index in [2.05, 4.69) is 20.4 Å². The van der Waals surface area contributed by atoms with Gasteiger partial charge in [-0.05, 0) is 51.6 Å². The molecule has 2 N–H and O–H groups in total. The summed E-state index contributed by atoms with van der Waals surface area (Å²) in [5.41, 5.74) is -0.240. The first-order valence-electron chi connectivity index (χ1n) is 9.69. The summed E-state index contributed by atoms with van der Waals surface area (Å²) in [7, 11) is 1.90. The number of amides is 1. The first-order chi connectivity index (χ1) is 12.1. The average Bonchev–Trinajstić information content (AvgIpc) is 3.31. The summed E-state index contributed by atoms with van der Waals surface area (Å²) < 4.78 is 1.88. The van der Waals surface area contributed by atoms with Crippen LogP contribution in [0, 0.1) is 0 Å². The summed E-state index contributed by atoms with van der Waals surface area (Å²) in [6.07, 6.45) is 8.63. The Morgan fingerprint density at radius 1 is 1.20 bits per heavy atom. The molecule has 0 aromatic carbocycles. The molecular weight excluding hydrogens is 318 g/mol. The molecule has 0 bridgehead atoms. The highest BCUT2D eigenvalue weighted by molar-refractivity contribution is 5.87. The molecule has 0 radical (unpaired) electrons. The van der Waals surface area contributed by atoms with E-state index in [-0.39, 0.29) is 24.1 Å². The van der Waals surface area contributed by atoms with E-state index in [1.54, 1.807) is 0 Å². The Hall–Kier alpha value is -1.47. The summed E-state index contributed by atoms with van der Waals surface area (Å²) in [6, 6.07) is 0.242. The monoisotopic (exact) mass is 347 g/mol. The van der Waals surface area contributed by atoms with Crippen LogP contribution in [-0.2, 0) is 18.4 Å². The van der Waals surface area contributed by atoms with Gasteiger partial charge in [0.05, 0.1) is 0 Å². The summed E-state index contributed by atoms with van der Waals surface area (Å²) in [4.78, 5) is 15.5. The number of carbonyl (C=O) groups excluding carboxylic acids is 1. The van der Waals surface area contributed by atoms with Gasteiger partial charge in [0.15, 0.2) is 5.82 Å². The Morgan fingerprint density at radius 3 is 2.48 bits per heavy atom. The minimum Gasteiger partial charge on any atom is -0.388 e. The second-order valence-corrected chi connectivity index (χ2v) is 7.96. The first kappa shape index (κ1) is 17.0. The van der Waals surface area contributed by atoms with E-state index in [9.17, 15) is 9.90 Å². The van der Waals surface area contributed by atoms with E-state index in [1.807, 2.05) is 11.6 Å². The molecule has 2 heterocycles. The largest absolute Gasteiger partial charge is 0.388 e. The molecule has 1 amide bonds. The standard InChI is InChI=1S/C18H29N5O2/c1-22-15(12-24)20-21-16(22)13-10-14(11-13)19-17(25)18(6-2-3-7-18)23-8-4-5-9-23/h13-14,24H,2-12H2,1H3,(H,19,25). The molecule has 1 aromatic rings. The third-order valence-electron chi connectivity index (χ3n) is 6.54. The van der Waals surface area contributed by atoms with Crippen LogP contribution in [0.5, 0.6) is 0 Å². The molecule has 3 aliphatic rings. The van der Waals surface area contributed by atoms with Gasteiger partial charge in [-0.2, -0.15) is 0 Å². The predicted octanol–water partition coefficient (Wildman–Crippen LogP) is 1.08. The zero-order valence-electron chi connectivity index (χ0n) is 15.1. The van der Waals surface area contributed by atoms with Gasteiger partial charge in [0.25, 0.3) is 0 Å². The lowest BCUT2D eigenvalue weighted by Crippen LogP contribution is -2.59. The molecule has 1 saturated heterocycles. The fraction of sp³-hybridized carbons (Fsp3) is 0.833. The summed E-state index contributed by atoms with van der Waals surface area (Å²) in [5, 5.41) is 20.8. The Bertz CT molecular complexity index is 625. The van der Waals surface area contributed by atoms with Crippen molar-refractivity contribution in [3.8, 4) is 0 Å². The van der Waals surface area contributed by atoms with E-state index in [0.717, 1.165) is 44.6 Å². The van der Waals surface area contributed by atoms with Crippen LogP contribution in [-0.4, -0.2) is 55.3 Å². The van der Waals surface area contributed by atoms with E-state index >= 15 is 0 Å². The molecular formula is C18H29N5O2. The molecule has 7 nitrogen and oxygen atoms in total. The van der Waals surface area contributed by atoms with E-state index in [1.165, 1.54) is 25.7 Å². The van der Waals surface area contributed by atoms with Crippen LogP contribution in [0.2, 0.25) is 0 Å². The number of likely N-dealkylation sites (tertiary alicyclic amines) is 1. The van der Waals surface area contributed by atoms with Crippen molar-refractivity contribution in [2.45, 2.75) is 75.5 Å². The van der Waals surface area contributed by atoms with Crippen LogP contribution in [0.3, 0.4) is 0 Å². The van der Waals surface area contributed by atoms with Gasteiger partial charge in [0.2, 0.25) is 5.91 Å². The second-order valence-electron chi connectivity index (χ2n) is 7.96. The van der Waals surface area contributed by atoms with Gasteiger partial charge in [0.1, 0.15) is 18.0 Å². The second kappa shape index (κ2) is 6.68. The SMILES string of the molecule is Cn1c(CO)nnc1C1CC(NC(=O)C2(N3CCCC3)CCCC2)C1. The number of hydrogen-bond donors (Lipinski definition) is 2. The highest BCUT2D eigenvalue weighted by Gasteiger charge is 2.48. The van der Waals surface area contributed by atoms with E-state index in [0.29, 0.717) is 11.7 Å². The van der Waals surface area contributed by atoms with Crippen molar-refractivity contribution in [2.75, 3.05) is 13.1 Å². The summed E-state index contributed by atoms with van der Waals surface area (Å²) >= 11 is 0. The first-order valence-corrected chi connectivity index (χ1v) is 9.69. The van der Waals surface area contributed by atoms with Crippen molar-refractivity contribution in [1.82, 2.24) is 25.0 Å². The van der Waals surface area contributed by atoms with E-state index < -0.39 is 0 Å². The van der Waals surface area contributed by atoms with Crippen molar-refractivity contribution in [3.63, 3.8) is 0 Å². The lowest BCUT2D eigenvalue weighted by molar-refractivity contribution is -0.134. The van der Waals surface area contributed by atoms with E-state index in [4.69, 9.17) is 0 Å². The number of nitrogens with one attached hydrogen (secondary N) is 1. The predicted molar refractivity (Wildman–Crippen MR) is 92.8 cm³/mol. The highest BCUT2D eigenvalue weighted by atomic mass is 16.3. The summed E-state index contributed by atoms with van der Waals surface area (Å²) in [6.45, 7) is 2.06. The molecule has 1 aromatic heterocycles. The van der Waals surface area contributed by atoms with Crippen LogP contribution in [0.25, 0.3) is 0 Å². The Balaban J connectivity index is 1.36. The van der Waals surface area contributed by atoms with Crippen LogP contribution in [0.4, 0.5) is 0 Å². The average molecular weight is 347 g/mol. The quantitative estimate of drug-likeness (QED) is 0.833. The van der Waals surface area contributed by atoms with Gasteiger partial charge in [-0.15, -0.1) is 10.2 Å². The molecule has 0 atom stereocenters. The molecule has 0 unspecified atom stereocenters. The number of nitrogens with zero attached hydrogens (tertiary/aromatic N) is 4. The van der Waals surface area contributed by atoms with Gasteiger partial charge in [0, 0.05) is 19.0 Å². The lowest BCUT2D eigenvalue weighted by Gasteiger charge is -2.41. The molecule has 4 rings (SSSR count). The van der Waals surface area contributed by atoms with Crippen molar-refractivity contribution >= 4 is 5.91 Å². The van der Waals surface area contributed by atoms with Gasteiger partial charge >= 0.3 is 0 Å². The number of carbonyl (C=O) groups is 1. The van der Waals surface area contributed by atoms with Crippen molar-refractivity contribution in [1.29, 1.82) is 0 Å². The Labute approximate surface area is 148 Å². The zero-order chi connectivity index (χ0) is 17.4. The van der Waals surface area contributed by atoms with Crippen LogP contribution >= 0.6 is 0 Å². The van der Waals surface area contributed by atoms with Gasteiger partial charge in [-0.1, -0.05) is 12.8 Å². The molecule has 1 aliphatic heterocycles. The number of rotatable bonds is 5. The highest BCUT2D eigenvalue weighted by Crippen LogP contribution is 2.40. The van der Waals surface area contributed by atoms with Gasteiger partial charge in [-0.3, -0.25) is 9.69 Å². The number of hydrogen-bond acceptors (Lipinski definition) is 5. The maximum atomic E-state index is 13.1. The zero-order valence-corrected chi connectivity index (χ0v) is 15.1. The molecule has 138 valence electrons. The smallest absolute Gasteiger partial charge is 0.240 e. The van der Waals surface area contributed by atoms with Crippen molar-refractivity contribution in [2.24, 2.45) is 7.05 Å². The third-order valence-corrected chi connectivity index (χ3v) is 6.54. The molecule has 2 saturated carbocycles. The number of aliphatic hydroxyl groups excluding tert-OH is 1. The fourth-order valence-corrected chi connectivity index (χ4v) is 4.93. The molecule has 2 aliphatic carbocycles. The summed E-state index contributed by atoms with van der Waals surface area (Å²) in [5.74, 6) is 2.10. The Kier molecular flexibility index (Phi) is 4.54.